The number of hydrogen-bond donors (Lipinski definition) is 1. The first-order valence-corrected chi connectivity index (χ1v) is 4.62. The number of hydrogen-bond acceptors (Lipinski definition) is 4. The fourth-order valence-corrected chi connectivity index (χ4v) is 1.21. The highest BCUT2D eigenvalue weighted by atomic mass is 19.4. The van der Waals surface area contributed by atoms with Crippen LogP contribution in [0.4, 0.5) is 13.2 Å². The Morgan fingerprint density at radius 3 is 2.44 bits per heavy atom. The van der Waals surface area contributed by atoms with Gasteiger partial charge in [0.2, 0.25) is 0 Å². The van der Waals surface area contributed by atoms with E-state index in [2.05, 4.69) is 9.72 Å². The average Bonchev–Trinajstić information content (AvgIpc) is 2.25. The number of nitrogens with zero attached hydrogens (tertiary/aromatic N) is 1. The molecule has 0 aliphatic carbocycles. The van der Waals surface area contributed by atoms with Crippen LogP contribution in [0, 0.1) is 0 Å². The van der Waals surface area contributed by atoms with Gasteiger partial charge in [-0.1, -0.05) is 0 Å². The molecule has 0 bridgehead atoms. The van der Waals surface area contributed by atoms with E-state index in [1.54, 1.807) is 0 Å². The maximum Gasteiger partial charge on any atom is 0.433 e. The molecule has 0 saturated heterocycles. The van der Waals surface area contributed by atoms with Crippen molar-refractivity contribution in [3.05, 3.63) is 29.1 Å². The van der Waals surface area contributed by atoms with Crippen LogP contribution in [0.25, 0.3) is 0 Å². The predicted octanol–water partition coefficient (Wildman–Crippen LogP) is 1.51. The number of carbonyl (C=O) groups is 2. The normalized spacial score (nSPS) is 11.1. The molecule has 98 valence electrons. The Morgan fingerprint density at radius 2 is 2.00 bits per heavy atom. The molecule has 0 atom stereocenters. The van der Waals surface area contributed by atoms with E-state index >= 15 is 0 Å². The number of methoxy groups -OCH3 is 1. The van der Waals surface area contributed by atoms with Gasteiger partial charge in [-0.3, -0.25) is 4.79 Å². The van der Waals surface area contributed by atoms with E-state index in [9.17, 15) is 22.8 Å². The molecule has 0 saturated carbocycles. The standard InChI is InChI=1S/C10H8F3NO4/c1-18-9(17)5-2-6(4-8(15)16)14-7(3-5)10(11,12)13/h2-3H,4H2,1H3,(H,15,16). The Kier molecular flexibility index (Phi) is 3.89. The van der Waals surface area contributed by atoms with Gasteiger partial charge in [-0.15, -0.1) is 0 Å². The second-order valence-electron chi connectivity index (χ2n) is 3.29. The van der Waals surface area contributed by atoms with E-state index in [0.29, 0.717) is 6.07 Å². The summed E-state index contributed by atoms with van der Waals surface area (Å²) >= 11 is 0. The number of aliphatic carboxylic acids is 1. The highest BCUT2D eigenvalue weighted by Crippen LogP contribution is 2.28. The maximum absolute atomic E-state index is 12.5. The minimum atomic E-state index is -4.77. The quantitative estimate of drug-likeness (QED) is 0.836. The molecule has 0 aliphatic rings. The van der Waals surface area contributed by atoms with Gasteiger partial charge in [-0.05, 0) is 12.1 Å². The van der Waals surface area contributed by atoms with Gasteiger partial charge in [0.15, 0.2) is 0 Å². The molecule has 0 aliphatic heterocycles. The van der Waals surface area contributed by atoms with Gasteiger partial charge in [0.05, 0.1) is 24.8 Å². The Bertz CT molecular complexity index is 485. The molecule has 1 heterocycles. The molecule has 8 heteroatoms. The third-order valence-electron chi connectivity index (χ3n) is 1.92. The Labute approximate surface area is 99.2 Å². The first-order chi connectivity index (χ1) is 8.24. The summed E-state index contributed by atoms with van der Waals surface area (Å²) in [6, 6.07) is 1.46. The molecule has 0 fully saturated rings. The van der Waals surface area contributed by atoms with Crippen LogP contribution in [0.5, 0.6) is 0 Å². The van der Waals surface area contributed by atoms with Crippen LogP contribution in [0.3, 0.4) is 0 Å². The number of carbonyl (C=O) groups excluding carboxylic acids is 1. The number of esters is 1. The molecule has 1 aromatic heterocycles. The summed E-state index contributed by atoms with van der Waals surface area (Å²) in [7, 11) is 1.01. The van der Waals surface area contributed by atoms with Gasteiger partial charge in [0, 0.05) is 0 Å². The topological polar surface area (TPSA) is 76.5 Å². The summed E-state index contributed by atoms with van der Waals surface area (Å²) in [6.07, 6.45) is -5.48. The summed E-state index contributed by atoms with van der Waals surface area (Å²) in [5, 5.41) is 8.51. The molecular weight excluding hydrogens is 255 g/mol. The summed E-state index contributed by atoms with van der Waals surface area (Å²) in [5.74, 6) is -2.34. The number of alkyl halides is 3. The Hall–Kier alpha value is -2.12. The molecule has 0 aromatic carbocycles. The van der Waals surface area contributed by atoms with Gasteiger partial charge in [-0.25, -0.2) is 9.78 Å². The molecule has 1 N–H and O–H groups in total. The molecule has 1 aromatic rings. The van der Waals surface area contributed by atoms with Crippen LogP contribution >= 0.6 is 0 Å². The summed E-state index contributed by atoms with van der Waals surface area (Å²) < 4.78 is 41.8. The van der Waals surface area contributed by atoms with E-state index in [1.165, 1.54) is 0 Å². The second kappa shape index (κ2) is 5.03. The van der Waals surface area contributed by atoms with Crippen LogP contribution in [-0.4, -0.2) is 29.1 Å². The van der Waals surface area contributed by atoms with Gasteiger partial charge < -0.3 is 9.84 Å². The lowest BCUT2D eigenvalue weighted by molar-refractivity contribution is -0.142. The number of pyridine rings is 1. The largest absolute Gasteiger partial charge is 0.481 e. The van der Waals surface area contributed by atoms with Crippen molar-refractivity contribution in [2.45, 2.75) is 12.6 Å². The van der Waals surface area contributed by atoms with Gasteiger partial charge in [-0.2, -0.15) is 13.2 Å². The van der Waals surface area contributed by atoms with Crippen LogP contribution in [0.2, 0.25) is 0 Å². The number of rotatable bonds is 3. The van der Waals surface area contributed by atoms with Crippen LogP contribution in [0.1, 0.15) is 21.7 Å². The minimum Gasteiger partial charge on any atom is -0.481 e. The zero-order chi connectivity index (χ0) is 13.9. The third kappa shape index (κ3) is 3.44. The third-order valence-corrected chi connectivity index (χ3v) is 1.92. The highest BCUT2D eigenvalue weighted by Gasteiger charge is 2.34. The van der Waals surface area contributed by atoms with Crippen molar-refractivity contribution in [1.82, 2.24) is 4.98 Å². The van der Waals surface area contributed by atoms with E-state index in [1.807, 2.05) is 0 Å². The van der Waals surface area contributed by atoms with Crippen molar-refractivity contribution >= 4 is 11.9 Å². The van der Waals surface area contributed by atoms with Crippen molar-refractivity contribution in [2.75, 3.05) is 7.11 Å². The van der Waals surface area contributed by atoms with Gasteiger partial charge in [0.1, 0.15) is 5.69 Å². The van der Waals surface area contributed by atoms with E-state index in [-0.39, 0.29) is 5.69 Å². The van der Waals surface area contributed by atoms with Crippen LogP contribution < -0.4 is 0 Å². The summed E-state index contributed by atoms with van der Waals surface area (Å²) in [5.41, 5.74) is -2.09. The lowest BCUT2D eigenvalue weighted by atomic mass is 10.1. The molecule has 0 amide bonds. The first-order valence-electron chi connectivity index (χ1n) is 4.62. The van der Waals surface area contributed by atoms with Crippen molar-refractivity contribution in [3.63, 3.8) is 0 Å². The fraction of sp³-hybridized carbons (Fsp3) is 0.300. The van der Waals surface area contributed by atoms with Gasteiger partial charge >= 0.3 is 18.1 Å². The average molecular weight is 263 g/mol. The van der Waals surface area contributed by atoms with Crippen molar-refractivity contribution < 1.29 is 32.6 Å². The SMILES string of the molecule is COC(=O)c1cc(CC(=O)O)nc(C(F)(F)F)c1. The first kappa shape index (κ1) is 13.9. The fourth-order valence-electron chi connectivity index (χ4n) is 1.21. The predicted molar refractivity (Wildman–Crippen MR) is 51.9 cm³/mol. The molecule has 18 heavy (non-hydrogen) atoms. The zero-order valence-electron chi connectivity index (χ0n) is 9.11. The molecule has 0 unspecified atom stereocenters. The number of aromatic nitrogens is 1. The smallest absolute Gasteiger partial charge is 0.433 e. The highest BCUT2D eigenvalue weighted by molar-refractivity contribution is 5.89. The Morgan fingerprint density at radius 1 is 1.39 bits per heavy atom. The molecule has 0 spiro atoms. The maximum atomic E-state index is 12.5. The number of halogens is 3. The van der Waals surface area contributed by atoms with Crippen molar-refractivity contribution in [2.24, 2.45) is 0 Å². The van der Waals surface area contributed by atoms with Crippen LogP contribution in [0.15, 0.2) is 12.1 Å². The number of carboxylic acid groups (broad SMARTS) is 1. The summed E-state index contributed by atoms with van der Waals surface area (Å²) in [4.78, 5) is 24.8. The zero-order valence-corrected chi connectivity index (χ0v) is 9.11. The monoisotopic (exact) mass is 263 g/mol. The van der Waals surface area contributed by atoms with E-state index in [4.69, 9.17) is 5.11 Å². The van der Waals surface area contributed by atoms with Gasteiger partial charge in [0.25, 0.3) is 0 Å². The molecule has 1 rings (SSSR count). The molecule has 0 radical (unpaired) electrons. The number of carboxylic acids is 1. The second-order valence-corrected chi connectivity index (χ2v) is 3.29. The van der Waals surface area contributed by atoms with Crippen LogP contribution in [-0.2, 0) is 22.1 Å². The van der Waals surface area contributed by atoms with E-state index < -0.39 is 35.8 Å². The lowest BCUT2D eigenvalue weighted by Crippen LogP contribution is -2.14. The lowest BCUT2D eigenvalue weighted by Gasteiger charge is -2.09. The Balaban J connectivity index is 3.28. The van der Waals surface area contributed by atoms with E-state index in [0.717, 1.165) is 13.2 Å². The van der Waals surface area contributed by atoms with Crippen molar-refractivity contribution in [3.8, 4) is 0 Å². The summed E-state index contributed by atoms with van der Waals surface area (Å²) in [6.45, 7) is 0. The molecular formula is C10H8F3NO4. The minimum absolute atomic E-state index is 0.363. The number of ether oxygens (including phenoxy) is 1. The van der Waals surface area contributed by atoms with Crippen molar-refractivity contribution in [1.29, 1.82) is 0 Å². The molecule has 5 nitrogen and oxygen atoms in total.